The summed E-state index contributed by atoms with van der Waals surface area (Å²) in [5, 5.41) is 3.35. The number of carbonyl (C=O) groups excluding carboxylic acids is 3. The Morgan fingerprint density at radius 1 is 0.944 bits per heavy atom. The molecule has 0 spiro atoms. The van der Waals surface area contributed by atoms with Gasteiger partial charge < -0.3 is 20.7 Å². The lowest BCUT2D eigenvalue weighted by Crippen LogP contribution is -2.46. The zero-order chi connectivity index (χ0) is 25.5. The van der Waals surface area contributed by atoms with Crippen molar-refractivity contribution in [1.29, 1.82) is 0 Å². The number of primary amides is 1. The van der Waals surface area contributed by atoms with E-state index in [1.807, 2.05) is 42.5 Å². The molecule has 1 heterocycles. The highest BCUT2D eigenvalue weighted by Gasteiger charge is 2.26. The summed E-state index contributed by atoms with van der Waals surface area (Å²) in [5.41, 5.74) is 7.11. The van der Waals surface area contributed by atoms with Gasteiger partial charge in [-0.3, -0.25) is 14.4 Å². The van der Waals surface area contributed by atoms with E-state index >= 15 is 0 Å². The molecule has 0 aromatic heterocycles. The summed E-state index contributed by atoms with van der Waals surface area (Å²) in [7, 11) is 0. The number of likely N-dealkylation sites (tertiary alicyclic amines) is 1. The number of amides is 3. The van der Waals surface area contributed by atoms with Crippen molar-refractivity contribution >= 4 is 29.3 Å². The lowest BCUT2D eigenvalue weighted by molar-refractivity contribution is -0.119. The monoisotopic (exact) mass is 505 g/mol. The molecule has 7 nitrogen and oxygen atoms in total. The first-order chi connectivity index (χ1) is 17.4. The molecule has 0 radical (unpaired) electrons. The molecule has 0 aliphatic carbocycles. The van der Waals surface area contributed by atoms with E-state index in [4.69, 9.17) is 22.1 Å². The first-order valence-corrected chi connectivity index (χ1v) is 12.2. The van der Waals surface area contributed by atoms with E-state index in [1.54, 1.807) is 41.3 Å². The van der Waals surface area contributed by atoms with Crippen LogP contribution in [0.5, 0.6) is 5.75 Å². The summed E-state index contributed by atoms with van der Waals surface area (Å²) >= 11 is 5.92. The molecule has 186 valence electrons. The van der Waals surface area contributed by atoms with E-state index in [9.17, 15) is 14.4 Å². The smallest absolute Gasteiger partial charge is 0.253 e. The van der Waals surface area contributed by atoms with Gasteiger partial charge in [0, 0.05) is 48.5 Å². The molecule has 8 heteroatoms. The predicted molar refractivity (Wildman–Crippen MR) is 138 cm³/mol. The van der Waals surface area contributed by atoms with Crippen LogP contribution in [0.15, 0.2) is 78.9 Å². The Balaban J connectivity index is 1.35. The summed E-state index contributed by atoms with van der Waals surface area (Å²) in [4.78, 5) is 39.7. The van der Waals surface area contributed by atoms with Gasteiger partial charge in [-0.1, -0.05) is 48.0 Å². The number of benzene rings is 3. The molecular weight excluding hydrogens is 478 g/mol. The first kappa shape index (κ1) is 25.3. The van der Waals surface area contributed by atoms with Gasteiger partial charge in [0.2, 0.25) is 5.91 Å². The van der Waals surface area contributed by atoms with Crippen molar-refractivity contribution in [2.75, 3.05) is 13.1 Å². The molecule has 3 aromatic carbocycles. The number of halogens is 1. The molecule has 4 rings (SSSR count). The molecular formula is C28H28ClN3O4. The van der Waals surface area contributed by atoms with E-state index in [2.05, 4.69) is 5.32 Å². The molecule has 1 aliphatic heterocycles. The van der Waals surface area contributed by atoms with Gasteiger partial charge in [0.25, 0.3) is 11.8 Å². The Hall–Kier alpha value is -3.84. The van der Waals surface area contributed by atoms with Gasteiger partial charge in [-0.25, -0.2) is 0 Å². The molecule has 3 N–H and O–H groups in total. The van der Waals surface area contributed by atoms with E-state index in [1.165, 1.54) is 0 Å². The normalized spacial score (nSPS) is 14.6. The Kier molecular flexibility index (Phi) is 8.23. The molecule has 0 bridgehead atoms. The Labute approximate surface area is 215 Å². The van der Waals surface area contributed by atoms with Crippen molar-refractivity contribution in [2.24, 2.45) is 5.73 Å². The van der Waals surface area contributed by atoms with Gasteiger partial charge in [-0.2, -0.15) is 0 Å². The number of nitrogens with two attached hydrogens (primary N) is 1. The summed E-state index contributed by atoms with van der Waals surface area (Å²) in [5.74, 6) is -0.475. The minimum atomic E-state index is -0.862. The van der Waals surface area contributed by atoms with Crippen LogP contribution in [0.3, 0.4) is 0 Å². The van der Waals surface area contributed by atoms with Gasteiger partial charge in [0.15, 0.2) is 0 Å². The van der Waals surface area contributed by atoms with Crippen molar-refractivity contribution in [2.45, 2.75) is 31.4 Å². The van der Waals surface area contributed by atoms with Gasteiger partial charge in [-0.05, 0) is 48.0 Å². The minimum Gasteiger partial charge on any atom is -0.490 e. The number of rotatable bonds is 8. The van der Waals surface area contributed by atoms with Crippen LogP contribution in [0.1, 0.15) is 39.1 Å². The van der Waals surface area contributed by atoms with E-state index in [0.717, 1.165) is 11.3 Å². The number of hydrogen-bond donors (Lipinski definition) is 2. The average Bonchev–Trinajstić information content (AvgIpc) is 2.90. The molecule has 1 saturated heterocycles. The average molecular weight is 506 g/mol. The van der Waals surface area contributed by atoms with Gasteiger partial charge in [0.05, 0.1) is 0 Å². The quantitative estimate of drug-likeness (QED) is 0.485. The molecule has 0 unspecified atom stereocenters. The van der Waals surface area contributed by atoms with E-state index in [0.29, 0.717) is 42.1 Å². The Morgan fingerprint density at radius 2 is 1.61 bits per heavy atom. The van der Waals surface area contributed by atoms with Crippen LogP contribution < -0.4 is 15.8 Å². The maximum atomic E-state index is 13.1. The van der Waals surface area contributed by atoms with Gasteiger partial charge >= 0.3 is 0 Å². The molecule has 0 saturated carbocycles. The van der Waals surface area contributed by atoms with Crippen LogP contribution in [-0.2, 0) is 11.2 Å². The maximum absolute atomic E-state index is 13.1. The highest BCUT2D eigenvalue weighted by Crippen LogP contribution is 2.22. The summed E-state index contributed by atoms with van der Waals surface area (Å²) in [6.45, 7) is 1.10. The number of ether oxygens (including phenoxy) is 1. The third-order valence-corrected chi connectivity index (χ3v) is 6.40. The largest absolute Gasteiger partial charge is 0.490 e. The standard InChI is InChI=1S/C28H28ClN3O4/c29-22-9-11-23(12-10-22)36-24-13-15-32(16-14-24)28(35)21-8-4-7-20(18-21)27(34)31-25(26(30)33)17-19-5-2-1-3-6-19/h1-12,18,24-25H,13-17H2,(H2,30,33)(H,31,34)/t25-/m0/s1. The van der Waals surface area contributed by atoms with Crippen LogP contribution >= 0.6 is 11.6 Å². The zero-order valence-corrected chi connectivity index (χ0v) is 20.5. The fourth-order valence-corrected chi connectivity index (χ4v) is 4.30. The van der Waals surface area contributed by atoms with Crippen molar-refractivity contribution in [1.82, 2.24) is 10.2 Å². The van der Waals surface area contributed by atoms with Crippen molar-refractivity contribution in [3.63, 3.8) is 0 Å². The molecule has 1 fully saturated rings. The minimum absolute atomic E-state index is 0.0164. The number of piperidine rings is 1. The number of nitrogens with zero attached hydrogens (tertiary/aromatic N) is 1. The third-order valence-electron chi connectivity index (χ3n) is 6.15. The third kappa shape index (κ3) is 6.64. The predicted octanol–water partition coefficient (Wildman–Crippen LogP) is 3.85. The fraction of sp³-hybridized carbons (Fsp3) is 0.250. The molecule has 1 aliphatic rings. The zero-order valence-electron chi connectivity index (χ0n) is 19.7. The second-order valence-corrected chi connectivity index (χ2v) is 9.20. The second-order valence-electron chi connectivity index (χ2n) is 8.76. The Morgan fingerprint density at radius 3 is 2.28 bits per heavy atom. The Bertz CT molecular complexity index is 1210. The van der Waals surface area contributed by atoms with Crippen LogP contribution in [0.25, 0.3) is 0 Å². The highest BCUT2D eigenvalue weighted by atomic mass is 35.5. The summed E-state index contributed by atoms with van der Waals surface area (Å²) in [6.07, 6.45) is 1.71. The topological polar surface area (TPSA) is 102 Å². The number of carbonyl (C=O) groups is 3. The van der Waals surface area contributed by atoms with E-state index < -0.39 is 17.9 Å². The molecule has 1 atom stereocenters. The second kappa shape index (κ2) is 11.7. The van der Waals surface area contributed by atoms with Crippen LogP contribution in [0.4, 0.5) is 0 Å². The van der Waals surface area contributed by atoms with Crippen molar-refractivity contribution in [3.05, 3.63) is 101 Å². The van der Waals surface area contributed by atoms with Gasteiger partial charge in [0.1, 0.15) is 17.9 Å². The van der Waals surface area contributed by atoms with Crippen LogP contribution in [0, 0.1) is 0 Å². The lowest BCUT2D eigenvalue weighted by atomic mass is 10.0. The lowest BCUT2D eigenvalue weighted by Gasteiger charge is -2.32. The number of nitrogens with one attached hydrogen (secondary N) is 1. The highest BCUT2D eigenvalue weighted by molar-refractivity contribution is 6.30. The molecule has 3 aromatic rings. The van der Waals surface area contributed by atoms with Crippen molar-refractivity contribution < 1.29 is 19.1 Å². The maximum Gasteiger partial charge on any atom is 0.253 e. The number of hydrogen-bond acceptors (Lipinski definition) is 4. The van der Waals surface area contributed by atoms with Crippen LogP contribution in [-0.4, -0.2) is 47.9 Å². The molecule has 3 amide bonds. The SMILES string of the molecule is NC(=O)[C@H](Cc1ccccc1)NC(=O)c1cccc(C(=O)N2CCC(Oc3ccc(Cl)cc3)CC2)c1. The van der Waals surface area contributed by atoms with E-state index in [-0.39, 0.29) is 18.4 Å². The summed E-state index contributed by atoms with van der Waals surface area (Å²) < 4.78 is 6.01. The fourth-order valence-electron chi connectivity index (χ4n) is 4.17. The first-order valence-electron chi connectivity index (χ1n) is 11.8. The van der Waals surface area contributed by atoms with Gasteiger partial charge in [-0.15, -0.1) is 0 Å². The summed E-state index contributed by atoms with van der Waals surface area (Å²) in [6, 6.07) is 22.2. The van der Waals surface area contributed by atoms with Crippen molar-refractivity contribution in [3.8, 4) is 5.75 Å². The van der Waals surface area contributed by atoms with Crippen LogP contribution in [0.2, 0.25) is 5.02 Å². The molecule has 36 heavy (non-hydrogen) atoms.